The van der Waals surface area contributed by atoms with E-state index in [-0.39, 0.29) is 5.91 Å². The Morgan fingerprint density at radius 1 is 1.05 bits per heavy atom. The Morgan fingerprint density at radius 2 is 1.80 bits per heavy atom. The molecule has 0 aliphatic carbocycles. The normalized spacial score (nSPS) is 10.4. The molecule has 0 unspecified atom stereocenters. The van der Waals surface area contributed by atoms with Crippen LogP contribution in [0.15, 0.2) is 54.6 Å². The molecule has 2 N–H and O–H groups in total. The first kappa shape index (κ1) is 12.2. The molecule has 0 bridgehead atoms. The van der Waals surface area contributed by atoms with E-state index in [0.29, 0.717) is 16.9 Å². The number of aldehydes is 1. The van der Waals surface area contributed by atoms with E-state index in [0.717, 1.165) is 17.2 Å². The molecule has 2 aromatic carbocycles. The van der Waals surface area contributed by atoms with E-state index < -0.39 is 0 Å². The number of H-pyrrole nitrogens is 1. The summed E-state index contributed by atoms with van der Waals surface area (Å²) in [5.41, 5.74) is 2.33. The predicted molar refractivity (Wildman–Crippen MR) is 78.1 cm³/mol. The number of nitrogens with one attached hydrogen (secondary N) is 2. The molecule has 98 valence electrons. The first-order valence-electron chi connectivity index (χ1n) is 6.21. The maximum Gasteiger partial charge on any atom is 0.272 e. The van der Waals surface area contributed by atoms with Gasteiger partial charge in [-0.15, -0.1) is 0 Å². The molecule has 4 heteroatoms. The second kappa shape index (κ2) is 5.01. The van der Waals surface area contributed by atoms with Crippen LogP contribution >= 0.6 is 0 Å². The number of carbonyl (C=O) groups excluding carboxylic acids is 2. The average molecular weight is 264 g/mol. The van der Waals surface area contributed by atoms with E-state index in [1.54, 1.807) is 30.3 Å². The summed E-state index contributed by atoms with van der Waals surface area (Å²) in [4.78, 5) is 26.2. The fourth-order valence-corrected chi connectivity index (χ4v) is 2.10. The van der Waals surface area contributed by atoms with Gasteiger partial charge >= 0.3 is 0 Å². The topological polar surface area (TPSA) is 62.0 Å². The molecule has 0 fully saturated rings. The Kier molecular flexibility index (Phi) is 3.05. The van der Waals surface area contributed by atoms with Crippen molar-refractivity contribution in [1.82, 2.24) is 4.98 Å². The van der Waals surface area contributed by atoms with Crippen molar-refractivity contribution < 1.29 is 9.59 Å². The van der Waals surface area contributed by atoms with Crippen LogP contribution in [0.2, 0.25) is 0 Å². The molecule has 3 aromatic rings. The average Bonchev–Trinajstić information content (AvgIpc) is 2.92. The summed E-state index contributed by atoms with van der Waals surface area (Å²) in [5, 5.41) is 3.71. The van der Waals surface area contributed by atoms with Gasteiger partial charge < -0.3 is 10.3 Å². The SMILES string of the molecule is O=Cc1ccccc1NC(=O)c1cc2ccccc2[nH]1. The lowest BCUT2D eigenvalue weighted by Gasteiger charge is -2.05. The fourth-order valence-electron chi connectivity index (χ4n) is 2.10. The van der Waals surface area contributed by atoms with E-state index in [2.05, 4.69) is 10.3 Å². The van der Waals surface area contributed by atoms with Crippen molar-refractivity contribution in [3.05, 3.63) is 65.9 Å². The summed E-state index contributed by atoms with van der Waals surface area (Å²) < 4.78 is 0. The van der Waals surface area contributed by atoms with Gasteiger partial charge in [0, 0.05) is 16.5 Å². The molecule has 4 nitrogen and oxygen atoms in total. The van der Waals surface area contributed by atoms with Crippen molar-refractivity contribution >= 4 is 28.8 Å². The van der Waals surface area contributed by atoms with E-state index in [4.69, 9.17) is 0 Å². The minimum absolute atomic E-state index is 0.268. The van der Waals surface area contributed by atoms with E-state index in [1.165, 1.54) is 0 Å². The summed E-state index contributed by atoms with van der Waals surface area (Å²) in [7, 11) is 0. The van der Waals surface area contributed by atoms with Gasteiger partial charge in [0.15, 0.2) is 6.29 Å². The Labute approximate surface area is 115 Å². The van der Waals surface area contributed by atoms with Gasteiger partial charge in [-0.25, -0.2) is 0 Å². The largest absolute Gasteiger partial charge is 0.351 e. The van der Waals surface area contributed by atoms with Crippen LogP contribution in [0.5, 0.6) is 0 Å². The molecule has 0 aliphatic rings. The molecule has 1 heterocycles. The minimum atomic E-state index is -0.268. The molecular formula is C16H12N2O2. The molecule has 3 rings (SSSR count). The molecule has 0 aliphatic heterocycles. The number of para-hydroxylation sites is 2. The molecule has 0 saturated carbocycles. The predicted octanol–water partition coefficient (Wildman–Crippen LogP) is 3.23. The van der Waals surface area contributed by atoms with Gasteiger partial charge in [0.1, 0.15) is 5.69 Å². The molecule has 0 saturated heterocycles. The third kappa shape index (κ3) is 2.19. The third-order valence-electron chi connectivity index (χ3n) is 3.11. The van der Waals surface area contributed by atoms with Crippen LogP contribution < -0.4 is 5.32 Å². The summed E-state index contributed by atoms with van der Waals surface area (Å²) in [6, 6.07) is 16.3. The van der Waals surface area contributed by atoms with Crippen molar-refractivity contribution in [2.24, 2.45) is 0 Å². The van der Waals surface area contributed by atoms with Gasteiger partial charge in [0.05, 0.1) is 5.69 Å². The Morgan fingerprint density at radius 3 is 2.60 bits per heavy atom. The standard InChI is InChI=1S/C16H12N2O2/c19-10-12-6-2-4-8-14(12)18-16(20)15-9-11-5-1-3-7-13(11)17-15/h1-10,17H,(H,18,20). The third-order valence-corrected chi connectivity index (χ3v) is 3.11. The Hall–Kier alpha value is -2.88. The molecule has 0 atom stereocenters. The summed E-state index contributed by atoms with van der Waals surface area (Å²) >= 11 is 0. The van der Waals surface area contributed by atoms with E-state index in [1.807, 2.05) is 24.3 Å². The smallest absolute Gasteiger partial charge is 0.272 e. The van der Waals surface area contributed by atoms with Gasteiger partial charge in [0.25, 0.3) is 5.91 Å². The quantitative estimate of drug-likeness (QED) is 0.713. The summed E-state index contributed by atoms with van der Waals surface area (Å²) in [6.07, 6.45) is 0.723. The van der Waals surface area contributed by atoms with Crippen molar-refractivity contribution in [2.75, 3.05) is 5.32 Å². The summed E-state index contributed by atoms with van der Waals surface area (Å²) in [5.74, 6) is -0.268. The zero-order valence-corrected chi connectivity index (χ0v) is 10.6. The van der Waals surface area contributed by atoms with Gasteiger partial charge in [-0.1, -0.05) is 30.3 Å². The first-order chi connectivity index (χ1) is 9.78. The number of benzene rings is 2. The Balaban J connectivity index is 1.91. The van der Waals surface area contributed by atoms with Crippen LogP contribution in [-0.2, 0) is 0 Å². The zero-order valence-electron chi connectivity index (χ0n) is 10.6. The van der Waals surface area contributed by atoms with Gasteiger partial charge in [-0.2, -0.15) is 0 Å². The van der Waals surface area contributed by atoms with Crippen molar-refractivity contribution in [2.45, 2.75) is 0 Å². The molecule has 0 spiro atoms. The highest BCUT2D eigenvalue weighted by Crippen LogP contribution is 2.17. The van der Waals surface area contributed by atoms with Gasteiger partial charge in [-0.05, 0) is 24.3 Å². The highest BCUT2D eigenvalue weighted by Gasteiger charge is 2.11. The number of anilines is 1. The van der Waals surface area contributed by atoms with Crippen LogP contribution in [0.25, 0.3) is 10.9 Å². The molecule has 20 heavy (non-hydrogen) atoms. The second-order valence-corrected chi connectivity index (χ2v) is 4.43. The van der Waals surface area contributed by atoms with E-state index in [9.17, 15) is 9.59 Å². The van der Waals surface area contributed by atoms with Gasteiger partial charge in [0.2, 0.25) is 0 Å². The van der Waals surface area contributed by atoms with Crippen LogP contribution in [0.3, 0.4) is 0 Å². The lowest BCUT2D eigenvalue weighted by molar-refractivity contribution is 0.102. The van der Waals surface area contributed by atoms with E-state index >= 15 is 0 Å². The molecular weight excluding hydrogens is 252 g/mol. The lowest BCUT2D eigenvalue weighted by atomic mass is 10.2. The number of hydrogen-bond donors (Lipinski definition) is 2. The lowest BCUT2D eigenvalue weighted by Crippen LogP contribution is -2.13. The van der Waals surface area contributed by atoms with Gasteiger partial charge in [-0.3, -0.25) is 9.59 Å². The molecule has 1 amide bonds. The number of rotatable bonds is 3. The number of aromatic nitrogens is 1. The van der Waals surface area contributed by atoms with Crippen LogP contribution in [0, 0.1) is 0 Å². The Bertz CT molecular complexity index is 757. The monoisotopic (exact) mass is 264 g/mol. The number of amides is 1. The van der Waals surface area contributed by atoms with Crippen molar-refractivity contribution in [3.8, 4) is 0 Å². The number of fused-ring (bicyclic) bond motifs is 1. The van der Waals surface area contributed by atoms with Crippen LogP contribution in [0.1, 0.15) is 20.8 Å². The first-order valence-corrected chi connectivity index (χ1v) is 6.21. The molecule has 1 aromatic heterocycles. The maximum atomic E-state index is 12.2. The highest BCUT2D eigenvalue weighted by atomic mass is 16.2. The highest BCUT2D eigenvalue weighted by molar-refractivity contribution is 6.07. The fraction of sp³-hybridized carbons (Fsp3) is 0. The maximum absolute atomic E-state index is 12.2. The zero-order chi connectivity index (χ0) is 13.9. The van der Waals surface area contributed by atoms with Crippen molar-refractivity contribution in [1.29, 1.82) is 0 Å². The molecule has 0 radical (unpaired) electrons. The van der Waals surface area contributed by atoms with Crippen molar-refractivity contribution in [3.63, 3.8) is 0 Å². The number of aromatic amines is 1. The second-order valence-electron chi connectivity index (χ2n) is 4.43. The summed E-state index contributed by atoms with van der Waals surface area (Å²) in [6.45, 7) is 0. The number of hydrogen-bond acceptors (Lipinski definition) is 2. The number of carbonyl (C=O) groups is 2. The van der Waals surface area contributed by atoms with Crippen LogP contribution in [-0.4, -0.2) is 17.2 Å². The van der Waals surface area contributed by atoms with Crippen LogP contribution in [0.4, 0.5) is 5.69 Å². The minimum Gasteiger partial charge on any atom is -0.351 e.